The summed E-state index contributed by atoms with van der Waals surface area (Å²) in [6.45, 7) is 0.505. The number of likely N-dealkylation sites (N-methyl/N-ethyl adjacent to an activating group) is 1. The molecule has 17 heavy (non-hydrogen) atoms. The molecule has 0 amide bonds. The summed E-state index contributed by atoms with van der Waals surface area (Å²) >= 11 is 2.97. The first-order chi connectivity index (χ1) is 7.89. The zero-order valence-electron chi connectivity index (χ0n) is 9.48. The van der Waals surface area contributed by atoms with Gasteiger partial charge in [-0.2, -0.15) is 4.31 Å². The molecule has 0 bridgehead atoms. The van der Waals surface area contributed by atoms with E-state index in [1.165, 1.54) is 26.3 Å². The zero-order chi connectivity index (χ0) is 13.1. The molecule has 7 heteroatoms. The lowest BCUT2D eigenvalue weighted by molar-refractivity contribution is 0.185. The molecule has 0 fully saturated rings. The van der Waals surface area contributed by atoms with Crippen LogP contribution in [0.5, 0.6) is 0 Å². The molecule has 96 valence electrons. The van der Waals surface area contributed by atoms with E-state index >= 15 is 0 Å². The van der Waals surface area contributed by atoms with Crippen molar-refractivity contribution >= 4 is 26.0 Å². The molecule has 0 aliphatic heterocycles. The third-order valence-electron chi connectivity index (χ3n) is 2.21. The molecule has 0 spiro atoms. The highest BCUT2D eigenvalue weighted by Gasteiger charge is 2.21. The van der Waals surface area contributed by atoms with Gasteiger partial charge >= 0.3 is 0 Å². The fourth-order valence-electron chi connectivity index (χ4n) is 1.16. The molecule has 0 radical (unpaired) electrons. The lowest BCUT2D eigenvalue weighted by Gasteiger charge is -2.16. The van der Waals surface area contributed by atoms with E-state index in [4.69, 9.17) is 4.74 Å². The van der Waals surface area contributed by atoms with Crippen molar-refractivity contribution in [1.82, 2.24) is 4.31 Å². The summed E-state index contributed by atoms with van der Waals surface area (Å²) in [4.78, 5) is -0.0724. The van der Waals surface area contributed by atoms with E-state index in [-0.39, 0.29) is 22.5 Å². The van der Waals surface area contributed by atoms with Gasteiger partial charge in [0.15, 0.2) is 0 Å². The van der Waals surface area contributed by atoms with Crippen LogP contribution in [0.3, 0.4) is 0 Å². The molecule has 0 N–H and O–H groups in total. The van der Waals surface area contributed by atoms with Crippen LogP contribution in [0.1, 0.15) is 0 Å². The van der Waals surface area contributed by atoms with Crippen LogP contribution >= 0.6 is 15.9 Å². The Hall–Kier alpha value is -0.500. The Morgan fingerprint density at radius 2 is 2.12 bits per heavy atom. The first-order valence-corrected chi connectivity index (χ1v) is 7.03. The number of benzene rings is 1. The second-order valence-corrected chi connectivity index (χ2v) is 6.29. The fourth-order valence-corrected chi connectivity index (χ4v) is 2.57. The number of nitrogens with zero attached hydrogens (tertiary/aromatic N) is 1. The number of sulfonamides is 1. The van der Waals surface area contributed by atoms with Crippen LogP contribution in [0.15, 0.2) is 27.6 Å². The molecule has 0 atom stereocenters. The molecule has 0 saturated carbocycles. The van der Waals surface area contributed by atoms with E-state index < -0.39 is 15.8 Å². The maximum absolute atomic E-state index is 13.3. The van der Waals surface area contributed by atoms with Gasteiger partial charge in [-0.05, 0) is 34.1 Å². The first-order valence-electron chi connectivity index (χ1n) is 4.80. The molecule has 0 saturated heterocycles. The third-order valence-corrected chi connectivity index (χ3v) is 4.71. The van der Waals surface area contributed by atoms with Crippen LogP contribution in [0, 0.1) is 5.82 Å². The molecular formula is C10H13BrFNO3S. The maximum atomic E-state index is 13.3. The van der Waals surface area contributed by atoms with Gasteiger partial charge in [0.2, 0.25) is 10.0 Å². The van der Waals surface area contributed by atoms with Crippen LogP contribution < -0.4 is 0 Å². The molecule has 4 nitrogen and oxygen atoms in total. The maximum Gasteiger partial charge on any atom is 0.242 e. The Morgan fingerprint density at radius 1 is 1.47 bits per heavy atom. The van der Waals surface area contributed by atoms with Gasteiger partial charge in [-0.15, -0.1) is 0 Å². The van der Waals surface area contributed by atoms with Gasteiger partial charge < -0.3 is 4.74 Å². The predicted molar refractivity (Wildman–Crippen MR) is 65.8 cm³/mol. The highest BCUT2D eigenvalue weighted by Crippen LogP contribution is 2.21. The molecule has 0 unspecified atom stereocenters. The van der Waals surface area contributed by atoms with Crippen molar-refractivity contribution in [1.29, 1.82) is 0 Å². The predicted octanol–water partition coefficient (Wildman–Crippen LogP) is 1.86. The van der Waals surface area contributed by atoms with Gasteiger partial charge in [0.25, 0.3) is 0 Å². The van der Waals surface area contributed by atoms with Gasteiger partial charge in [0.1, 0.15) is 5.82 Å². The topological polar surface area (TPSA) is 46.6 Å². The fraction of sp³-hybridized carbons (Fsp3) is 0.400. The number of methoxy groups -OCH3 is 1. The molecule has 1 rings (SSSR count). The Kier molecular flexibility index (Phi) is 5.05. The van der Waals surface area contributed by atoms with Crippen LogP contribution in [0.4, 0.5) is 4.39 Å². The van der Waals surface area contributed by atoms with Gasteiger partial charge in [0.05, 0.1) is 16.0 Å². The molecule has 1 aromatic carbocycles. The monoisotopic (exact) mass is 325 g/mol. The SMILES string of the molecule is COCCN(C)S(=O)(=O)c1ccc(Br)c(F)c1. The average molecular weight is 326 g/mol. The summed E-state index contributed by atoms with van der Waals surface area (Å²) < 4.78 is 43.4. The minimum absolute atomic E-state index is 0.0724. The second-order valence-electron chi connectivity index (χ2n) is 3.40. The number of hydrogen-bond donors (Lipinski definition) is 0. The summed E-state index contributed by atoms with van der Waals surface area (Å²) in [6, 6.07) is 3.71. The van der Waals surface area contributed by atoms with Crippen molar-refractivity contribution in [2.75, 3.05) is 27.3 Å². The second kappa shape index (κ2) is 5.90. The van der Waals surface area contributed by atoms with Gasteiger partial charge in [-0.25, -0.2) is 12.8 Å². The van der Waals surface area contributed by atoms with E-state index in [1.807, 2.05) is 0 Å². The summed E-state index contributed by atoms with van der Waals surface area (Å²) in [6.07, 6.45) is 0. The Morgan fingerprint density at radius 3 is 2.65 bits per heavy atom. The van der Waals surface area contributed by atoms with E-state index in [2.05, 4.69) is 15.9 Å². The van der Waals surface area contributed by atoms with Crippen molar-refractivity contribution < 1.29 is 17.5 Å². The van der Waals surface area contributed by atoms with Crippen LogP contribution in [-0.4, -0.2) is 40.0 Å². The number of halogens is 2. The van der Waals surface area contributed by atoms with Crippen molar-refractivity contribution in [3.8, 4) is 0 Å². The minimum atomic E-state index is -3.66. The standard InChI is InChI=1S/C10H13BrFNO3S/c1-13(5-6-16-2)17(14,15)8-3-4-9(11)10(12)7-8/h3-4,7H,5-6H2,1-2H3. The average Bonchev–Trinajstić information content (AvgIpc) is 2.29. The molecule has 1 aromatic rings. The largest absolute Gasteiger partial charge is 0.383 e. The van der Waals surface area contributed by atoms with E-state index in [0.29, 0.717) is 0 Å². The van der Waals surface area contributed by atoms with Crippen molar-refractivity contribution in [3.63, 3.8) is 0 Å². The molecule has 0 aliphatic carbocycles. The lowest BCUT2D eigenvalue weighted by atomic mass is 10.3. The summed E-state index contributed by atoms with van der Waals surface area (Å²) in [5.74, 6) is -0.605. The van der Waals surface area contributed by atoms with E-state index in [9.17, 15) is 12.8 Å². The number of ether oxygens (including phenoxy) is 1. The number of rotatable bonds is 5. The van der Waals surface area contributed by atoms with Crippen molar-refractivity contribution in [2.45, 2.75) is 4.90 Å². The van der Waals surface area contributed by atoms with Gasteiger partial charge in [0, 0.05) is 20.7 Å². The quantitative estimate of drug-likeness (QED) is 0.830. The Bertz CT molecular complexity index is 492. The molecule has 0 aromatic heterocycles. The van der Waals surface area contributed by atoms with Crippen molar-refractivity contribution in [2.24, 2.45) is 0 Å². The minimum Gasteiger partial charge on any atom is -0.383 e. The van der Waals surface area contributed by atoms with Crippen LogP contribution in [0.25, 0.3) is 0 Å². The van der Waals surface area contributed by atoms with E-state index in [0.717, 1.165) is 10.4 Å². The third kappa shape index (κ3) is 3.48. The molecular weight excluding hydrogens is 313 g/mol. The highest BCUT2D eigenvalue weighted by atomic mass is 79.9. The smallest absolute Gasteiger partial charge is 0.242 e. The first kappa shape index (κ1) is 14.6. The normalized spacial score (nSPS) is 12.1. The molecule has 0 aliphatic rings. The summed E-state index contributed by atoms with van der Waals surface area (Å²) in [5, 5.41) is 0. The Balaban J connectivity index is 3.00. The van der Waals surface area contributed by atoms with Gasteiger partial charge in [-0.1, -0.05) is 0 Å². The number of hydrogen-bond acceptors (Lipinski definition) is 3. The van der Waals surface area contributed by atoms with Gasteiger partial charge in [-0.3, -0.25) is 0 Å². The van der Waals surface area contributed by atoms with Crippen LogP contribution in [-0.2, 0) is 14.8 Å². The van der Waals surface area contributed by atoms with E-state index in [1.54, 1.807) is 0 Å². The summed E-state index contributed by atoms with van der Waals surface area (Å²) in [5.41, 5.74) is 0. The van der Waals surface area contributed by atoms with Crippen LogP contribution in [0.2, 0.25) is 0 Å². The lowest BCUT2D eigenvalue weighted by Crippen LogP contribution is -2.30. The molecule has 0 heterocycles. The highest BCUT2D eigenvalue weighted by molar-refractivity contribution is 9.10. The Labute approximate surface area is 109 Å². The zero-order valence-corrected chi connectivity index (χ0v) is 11.9. The summed E-state index contributed by atoms with van der Waals surface area (Å²) in [7, 11) is -0.747. The van der Waals surface area contributed by atoms with Crippen molar-refractivity contribution in [3.05, 3.63) is 28.5 Å².